The van der Waals surface area contributed by atoms with Crippen LogP contribution in [0.15, 0.2) is 55.2 Å². The number of nitrogens with zero attached hydrogens (tertiary/aromatic N) is 5. The highest BCUT2D eigenvalue weighted by Gasteiger charge is 2.28. The first kappa shape index (κ1) is 20.1. The van der Waals surface area contributed by atoms with Crippen molar-refractivity contribution in [2.75, 3.05) is 13.2 Å². The van der Waals surface area contributed by atoms with Gasteiger partial charge in [0, 0.05) is 55.2 Å². The van der Waals surface area contributed by atoms with Crippen LogP contribution in [0, 0.1) is 0 Å². The maximum absolute atomic E-state index is 12.1. The normalized spacial score (nSPS) is 14.5. The third-order valence-electron chi connectivity index (χ3n) is 5.73. The van der Waals surface area contributed by atoms with Gasteiger partial charge in [0.15, 0.2) is 17.6 Å². The summed E-state index contributed by atoms with van der Waals surface area (Å²) in [5, 5.41) is 7.38. The van der Waals surface area contributed by atoms with Crippen LogP contribution in [0.3, 0.4) is 0 Å². The maximum Gasteiger partial charge on any atom is 0.271 e. The zero-order valence-corrected chi connectivity index (χ0v) is 17.7. The minimum Gasteiger partial charge on any atom is -0.381 e. The second-order valence-electron chi connectivity index (χ2n) is 7.92. The van der Waals surface area contributed by atoms with Crippen LogP contribution in [0.1, 0.15) is 29.4 Å². The number of H-pyrrole nitrogens is 1. The lowest BCUT2D eigenvalue weighted by Gasteiger charge is -2.15. The van der Waals surface area contributed by atoms with Crippen molar-refractivity contribution in [1.29, 1.82) is 0 Å². The van der Waals surface area contributed by atoms with Crippen molar-refractivity contribution in [1.82, 2.24) is 24.8 Å². The summed E-state index contributed by atoms with van der Waals surface area (Å²) in [4.78, 5) is 21.2. The first-order chi connectivity index (χ1) is 15.6. The number of amides is 1. The van der Waals surface area contributed by atoms with Gasteiger partial charge in [-0.3, -0.25) is 9.48 Å². The first-order valence-electron chi connectivity index (χ1n) is 10.5. The number of hydrogen-bond acceptors (Lipinski definition) is 5. The van der Waals surface area contributed by atoms with Gasteiger partial charge in [-0.2, -0.15) is 10.2 Å². The Kier molecular flexibility index (Phi) is 5.24. The minimum absolute atomic E-state index is 0.242. The number of carbonyl (C=O) groups is 1. The number of benzene rings is 1. The van der Waals surface area contributed by atoms with Crippen molar-refractivity contribution in [3.05, 3.63) is 60.9 Å². The standard InChI is InChI=1S/C23H23N7O2/c1-29-13-18(12-27-29)15-3-2-4-16(9-15)23-25-10-17(11-26-23)20-14-30(28-21(20)22(24)31)19-5-7-32-8-6-19/h2-4,9-14,19H,5-8H2,1H3,(H2,24,31)/p+1. The number of aromatic amines is 1. The van der Waals surface area contributed by atoms with Gasteiger partial charge >= 0.3 is 0 Å². The third kappa shape index (κ3) is 3.90. The van der Waals surface area contributed by atoms with Crippen LogP contribution in [0.5, 0.6) is 0 Å². The molecule has 1 aliphatic rings. The molecule has 0 aliphatic carbocycles. The number of primary amides is 1. The van der Waals surface area contributed by atoms with E-state index >= 15 is 0 Å². The molecule has 1 aromatic carbocycles. The molecular weight excluding hydrogens is 406 g/mol. The molecule has 0 spiro atoms. The van der Waals surface area contributed by atoms with E-state index in [-0.39, 0.29) is 6.04 Å². The third-order valence-corrected chi connectivity index (χ3v) is 5.73. The van der Waals surface area contributed by atoms with E-state index in [1.165, 1.54) is 0 Å². The topological polar surface area (TPSA) is 116 Å². The molecule has 9 heteroatoms. The van der Waals surface area contributed by atoms with Gasteiger partial charge < -0.3 is 10.5 Å². The smallest absolute Gasteiger partial charge is 0.271 e. The lowest BCUT2D eigenvalue weighted by Crippen LogP contribution is -2.44. The Hall–Kier alpha value is -3.85. The lowest BCUT2D eigenvalue weighted by atomic mass is 10.1. The molecule has 3 N–H and O–H groups in total. The molecule has 32 heavy (non-hydrogen) atoms. The average molecular weight is 430 g/mol. The van der Waals surface area contributed by atoms with E-state index in [0.717, 1.165) is 35.1 Å². The lowest BCUT2D eigenvalue weighted by molar-refractivity contribution is -0.776. The Morgan fingerprint density at radius 1 is 1.12 bits per heavy atom. The summed E-state index contributed by atoms with van der Waals surface area (Å²) in [6.07, 6.45) is 10.9. The number of aromatic nitrogens is 6. The highest BCUT2D eigenvalue weighted by Crippen LogP contribution is 2.26. The largest absolute Gasteiger partial charge is 0.381 e. The molecule has 1 amide bonds. The first-order valence-corrected chi connectivity index (χ1v) is 10.5. The zero-order chi connectivity index (χ0) is 22.1. The number of ether oxygens (including phenoxy) is 1. The summed E-state index contributed by atoms with van der Waals surface area (Å²) in [6.45, 7) is 1.40. The van der Waals surface area contributed by atoms with Gasteiger partial charge in [0.25, 0.3) is 5.91 Å². The van der Waals surface area contributed by atoms with Crippen LogP contribution < -0.4 is 10.4 Å². The molecule has 1 saturated heterocycles. The van der Waals surface area contributed by atoms with E-state index < -0.39 is 5.91 Å². The summed E-state index contributed by atoms with van der Waals surface area (Å²) in [5.41, 5.74) is 10.4. The van der Waals surface area contributed by atoms with Crippen molar-refractivity contribution < 1.29 is 14.2 Å². The van der Waals surface area contributed by atoms with E-state index in [1.807, 2.05) is 54.6 Å². The summed E-state index contributed by atoms with van der Waals surface area (Å²) in [7, 11) is 1.89. The Morgan fingerprint density at radius 3 is 2.56 bits per heavy atom. The molecular formula is C23H24N7O2+. The van der Waals surface area contributed by atoms with Gasteiger partial charge in [-0.15, -0.1) is 4.68 Å². The summed E-state index contributed by atoms with van der Waals surface area (Å²) in [5.74, 6) is 0.0898. The predicted octanol–water partition coefficient (Wildman–Crippen LogP) is 2.28. The Morgan fingerprint density at radius 2 is 1.88 bits per heavy atom. The molecule has 4 heterocycles. The fraction of sp³-hybridized carbons (Fsp3) is 0.261. The average Bonchev–Trinajstić information content (AvgIpc) is 3.47. The molecule has 0 radical (unpaired) electrons. The van der Waals surface area contributed by atoms with Crippen molar-refractivity contribution >= 4 is 5.91 Å². The SMILES string of the molecule is Cn1cc(-c2cccc(-c3ncc(-c4c[n+](C5CCOCC5)[nH]c4C(N)=O)cn3)c2)cn1. The minimum atomic E-state index is -0.515. The van der Waals surface area contributed by atoms with Crippen LogP contribution in [-0.4, -0.2) is 44.0 Å². The fourth-order valence-corrected chi connectivity index (χ4v) is 4.02. The monoisotopic (exact) mass is 430 g/mol. The van der Waals surface area contributed by atoms with Gasteiger partial charge in [0.1, 0.15) is 0 Å². The number of nitrogens with two attached hydrogens (primary N) is 1. The fourth-order valence-electron chi connectivity index (χ4n) is 4.02. The van der Waals surface area contributed by atoms with Crippen molar-refractivity contribution in [2.24, 2.45) is 12.8 Å². The Labute approximate surface area is 184 Å². The van der Waals surface area contributed by atoms with E-state index in [9.17, 15) is 4.79 Å². The van der Waals surface area contributed by atoms with Gasteiger partial charge in [-0.1, -0.05) is 18.2 Å². The van der Waals surface area contributed by atoms with Crippen LogP contribution in [0.4, 0.5) is 0 Å². The molecule has 3 aromatic heterocycles. The molecule has 0 saturated carbocycles. The van der Waals surface area contributed by atoms with Gasteiger partial charge in [0.2, 0.25) is 6.20 Å². The number of nitrogens with one attached hydrogen (secondary N) is 1. The molecule has 1 aliphatic heterocycles. The van der Waals surface area contributed by atoms with Gasteiger partial charge in [-0.05, 0) is 11.6 Å². The molecule has 4 aromatic rings. The van der Waals surface area contributed by atoms with E-state index in [0.29, 0.717) is 30.3 Å². The zero-order valence-electron chi connectivity index (χ0n) is 17.7. The number of carbonyl (C=O) groups excluding carboxylic acids is 1. The Balaban J connectivity index is 1.45. The van der Waals surface area contributed by atoms with Crippen LogP contribution in [0.25, 0.3) is 33.6 Å². The highest BCUT2D eigenvalue weighted by atomic mass is 16.5. The summed E-state index contributed by atoms with van der Waals surface area (Å²) < 4.78 is 9.16. The van der Waals surface area contributed by atoms with Crippen LogP contribution in [-0.2, 0) is 11.8 Å². The Bertz CT molecular complexity index is 1250. The van der Waals surface area contributed by atoms with Crippen LogP contribution >= 0.6 is 0 Å². The van der Waals surface area contributed by atoms with Crippen molar-refractivity contribution in [2.45, 2.75) is 18.9 Å². The molecule has 5 rings (SSSR count). The second kappa shape index (κ2) is 8.35. The van der Waals surface area contributed by atoms with E-state index in [2.05, 4.69) is 20.2 Å². The maximum atomic E-state index is 12.1. The number of hydrogen-bond donors (Lipinski definition) is 2. The van der Waals surface area contributed by atoms with Crippen molar-refractivity contribution in [3.63, 3.8) is 0 Å². The molecule has 9 nitrogen and oxygen atoms in total. The van der Waals surface area contributed by atoms with Crippen molar-refractivity contribution in [3.8, 4) is 33.6 Å². The van der Waals surface area contributed by atoms with Gasteiger partial charge in [-0.25, -0.2) is 9.97 Å². The molecule has 0 unspecified atom stereocenters. The predicted molar refractivity (Wildman–Crippen MR) is 117 cm³/mol. The quantitative estimate of drug-likeness (QED) is 0.471. The number of aryl methyl sites for hydroxylation is 1. The van der Waals surface area contributed by atoms with E-state index in [1.54, 1.807) is 17.1 Å². The summed E-state index contributed by atoms with van der Waals surface area (Å²) >= 11 is 0. The molecule has 0 atom stereocenters. The molecule has 0 bridgehead atoms. The highest BCUT2D eigenvalue weighted by molar-refractivity contribution is 5.97. The number of rotatable bonds is 5. The second-order valence-corrected chi connectivity index (χ2v) is 7.92. The van der Waals surface area contributed by atoms with E-state index in [4.69, 9.17) is 10.5 Å². The molecule has 162 valence electrons. The van der Waals surface area contributed by atoms with Crippen LogP contribution in [0.2, 0.25) is 0 Å². The molecule has 1 fully saturated rings. The van der Waals surface area contributed by atoms with Gasteiger partial charge in [0.05, 0.1) is 25.0 Å². The summed E-state index contributed by atoms with van der Waals surface area (Å²) in [6, 6.07) is 8.26.